The summed E-state index contributed by atoms with van der Waals surface area (Å²) in [6, 6.07) is 1.56. The summed E-state index contributed by atoms with van der Waals surface area (Å²) < 4.78 is 32.4. The zero-order valence-corrected chi connectivity index (χ0v) is 13.0. The number of sulfonamides is 1. The van der Waals surface area contributed by atoms with Gasteiger partial charge in [0.1, 0.15) is 21.4 Å². The lowest BCUT2D eigenvalue weighted by molar-refractivity contribution is 0.460. The lowest BCUT2D eigenvalue weighted by Crippen LogP contribution is -2.23. The topological polar surface area (TPSA) is 84.2 Å². The van der Waals surface area contributed by atoms with Crippen molar-refractivity contribution in [2.45, 2.75) is 31.8 Å². The minimum Gasteiger partial charge on any atom is -0.464 e. The zero-order chi connectivity index (χ0) is 14.6. The van der Waals surface area contributed by atoms with E-state index >= 15 is 0 Å². The second-order valence-electron chi connectivity index (χ2n) is 4.16. The van der Waals surface area contributed by atoms with E-state index < -0.39 is 10.0 Å². The number of aromatic nitrogens is 1. The highest BCUT2D eigenvalue weighted by molar-refractivity contribution is 7.89. The molecule has 0 aliphatic carbocycles. The molecule has 6 nitrogen and oxygen atoms in total. The summed E-state index contributed by atoms with van der Waals surface area (Å²) in [5, 5.41) is 5.63. The van der Waals surface area contributed by atoms with Crippen molar-refractivity contribution >= 4 is 21.4 Å². The third-order valence-electron chi connectivity index (χ3n) is 2.66. The van der Waals surface area contributed by atoms with Crippen LogP contribution in [0.2, 0.25) is 0 Å². The number of nitrogens with zero attached hydrogens (tertiary/aromatic N) is 1. The van der Waals surface area contributed by atoms with Crippen LogP contribution in [0.25, 0.3) is 0 Å². The summed E-state index contributed by atoms with van der Waals surface area (Å²) >= 11 is 1.41. The number of furan rings is 1. The quantitative estimate of drug-likeness (QED) is 0.811. The molecular formula is C12H17N3O3S2. The molecule has 0 radical (unpaired) electrons. The first-order chi connectivity index (χ1) is 9.53. The SMILES string of the molecule is CCNCc1cc(S(=O)(=O)NCc2nccs2)c(C)o1. The maximum atomic E-state index is 12.2. The van der Waals surface area contributed by atoms with Crippen LogP contribution < -0.4 is 10.0 Å². The molecule has 0 atom stereocenters. The van der Waals surface area contributed by atoms with Crippen LogP contribution in [-0.2, 0) is 23.1 Å². The zero-order valence-electron chi connectivity index (χ0n) is 11.3. The number of aryl methyl sites for hydroxylation is 1. The molecule has 110 valence electrons. The van der Waals surface area contributed by atoms with Gasteiger partial charge in [0.15, 0.2) is 0 Å². The number of hydrogen-bond acceptors (Lipinski definition) is 6. The fourth-order valence-electron chi connectivity index (χ4n) is 1.70. The van der Waals surface area contributed by atoms with Crippen molar-refractivity contribution in [3.05, 3.63) is 34.2 Å². The second kappa shape index (κ2) is 6.49. The fraction of sp³-hybridized carbons (Fsp3) is 0.417. The van der Waals surface area contributed by atoms with Gasteiger partial charge in [-0.15, -0.1) is 11.3 Å². The van der Waals surface area contributed by atoms with Crippen LogP contribution in [0.15, 0.2) is 27.0 Å². The van der Waals surface area contributed by atoms with Gasteiger partial charge in [0.05, 0.1) is 13.1 Å². The molecule has 0 bridgehead atoms. The van der Waals surface area contributed by atoms with Crippen molar-refractivity contribution in [3.63, 3.8) is 0 Å². The van der Waals surface area contributed by atoms with Crippen LogP contribution in [-0.4, -0.2) is 19.9 Å². The molecule has 0 fully saturated rings. The molecule has 0 spiro atoms. The first kappa shape index (κ1) is 15.2. The van der Waals surface area contributed by atoms with E-state index in [1.165, 1.54) is 11.3 Å². The normalized spacial score (nSPS) is 11.9. The highest BCUT2D eigenvalue weighted by Crippen LogP contribution is 2.20. The van der Waals surface area contributed by atoms with Gasteiger partial charge in [-0.2, -0.15) is 0 Å². The van der Waals surface area contributed by atoms with E-state index in [0.29, 0.717) is 18.1 Å². The summed E-state index contributed by atoms with van der Waals surface area (Å²) in [5.74, 6) is 1.00. The lowest BCUT2D eigenvalue weighted by atomic mass is 10.4. The summed E-state index contributed by atoms with van der Waals surface area (Å²) in [6.45, 7) is 5.12. The molecule has 0 amide bonds. The van der Waals surface area contributed by atoms with Crippen LogP contribution in [0, 0.1) is 6.92 Å². The van der Waals surface area contributed by atoms with E-state index in [2.05, 4.69) is 15.0 Å². The minimum absolute atomic E-state index is 0.182. The summed E-state index contributed by atoms with van der Waals surface area (Å²) in [4.78, 5) is 4.22. The maximum Gasteiger partial charge on any atom is 0.244 e. The molecule has 2 N–H and O–H groups in total. The molecule has 2 aromatic heterocycles. The van der Waals surface area contributed by atoms with E-state index in [4.69, 9.17) is 4.42 Å². The van der Waals surface area contributed by atoms with Crippen molar-refractivity contribution in [1.29, 1.82) is 0 Å². The van der Waals surface area contributed by atoms with Gasteiger partial charge in [-0.1, -0.05) is 6.92 Å². The predicted octanol–water partition coefficient (Wildman–Crippen LogP) is 1.63. The standard InChI is InChI=1S/C12H17N3O3S2/c1-3-13-7-10-6-11(9(2)18-10)20(16,17)15-8-12-14-4-5-19-12/h4-6,13,15H,3,7-8H2,1-2H3. The smallest absolute Gasteiger partial charge is 0.244 e. The Hall–Kier alpha value is -1.22. The fourth-order valence-corrected chi connectivity index (χ4v) is 3.54. The molecule has 0 saturated heterocycles. The van der Waals surface area contributed by atoms with E-state index in [1.54, 1.807) is 24.6 Å². The Morgan fingerprint density at radius 3 is 2.85 bits per heavy atom. The number of thiazole rings is 1. The summed E-state index contributed by atoms with van der Waals surface area (Å²) in [7, 11) is -3.58. The van der Waals surface area contributed by atoms with Crippen LogP contribution >= 0.6 is 11.3 Å². The van der Waals surface area contributed by atoms with Crippen molar-refractivity contribution in [1.82, 2.24) is 15.0 Å². The van der Waals surface area contributed by atoms with E-state index in [1.807, 2.05) is 6.92 Å². The number of rotatable bonds is 7. The van der Waals surface area contributed by atoms with Crippen LogP contribution in [0.5, 0.6) is 0 Å². The molecule has 8 heteroatoms. The number of nitrogens with one attached hydrogen (secondary N) is 2. The summed E-state index contributed by atoms with van der Waals surface area (Å²) in [5.41, 5.74) is 0. The Morgan fingerprint density at radius 1 is 1.40 bits per heavy atom. The maximum absolute atomic E-state index is 12.2. The Labute approximate surface area is 122 Å². The Bertz CT molecular complexity index is 648. The predicted molar refractivity (Wildman–Crippen MR) is 77.0 cm³/mol. The van der Waals surface area contributed by atoms with Gasteiger partial charge >= 0.3 is 0 Å². The van der Waals surface area contributed by atoms with Crippen LogP contribution in [0.3, 0.4) is 0 Å². The molecule has 2 rings (SSSR count). The summed E-state index contributed by atoms with van der Waals surface area (Å²) in [6.07, 6.45) is 1.64. The molecule has 0 unspecified atom stereocenters. The second-order valence-corrected chi connectivity index (χ2v) is 6.88. The van der Waals surface area contributed by atoms with Gasteiger partial charge in [-0.3, -0.25) is 0 Å². The first-order valence-corrected chi connectivity index (χ1v) is 8.57. The molecule has 0 aliphatic heterocycles. The van der Waals surface area contributed by atoms with Gasteiger partial charge in [0.25, 0.3) is 0 Å². The highest BCUT2D eigenvalue weighted by Gasteiger charge is 2.21. The monoisotopic (exact) mass is 315 g/mol. The van der Waals surface area contributed by atoms with Crippen molar-refractivity contribution in [3.8, 4) is 0 Å². The van der Waals surface area contributed by atoms with Crippen molar-refractivity contribution in [2.75, 3.05) is 6.54 Å². The van der Waals surface area contributed by atoms with Crippen molar-refractivity contribution in [2.24, 2.45) is 0 Å². The Morgan fingerprint density at radius 2 is 2.20 bits per heavy atom. The highest BCUT2D eigenvalue weighted by atomic mass is 32.2. The molecule has 0 saturated carbocycles. The molecule has 0 aromatic carbocycles. The molecular weight excluding hydrogens is 298 g/mol. The van der Waals surface area contributed by atoms with Gasteiger partial charge in [0, 0.05) is 17.6 Å². The van der Waals surface area contributed by atoms with Gasteiger partial charge in [-0.05, 0) is 13.5 Å². The van der Waals surface area contributed by atoms with Crippen LogP contribution in [0.1, 0.15) is 23.5 Å². The van der Waals surface area contributed by atoms with Crippen molar-refractivity contribution < 1.29 is 12.8 Å². The Kier molecular flexibility index (Phi) is 4.92. The minimum atomic E-state index is -3.58. The van der Waals surface area contributed by atoms with Crippen LogP contribution in [0.4, 0.5) is 0 Å². The van der Waals surface area contributed by atoms with Gasteiger partial charge < -0.3 is 9.73 Å². The first-order valence-electron chi connectivity index (χ1n) is 6.21. The lowest BCUT2D eigenvalue weighted by Gasteiger charge is -2.03. The van der Waals surface area contributed by atoms with E-state index in [0.717, 1.165) is 11.6 Å². The number of hydrogen-bond donors (Lipinski definition) is 2. The average molecular weight is 315 g/mol. The third kappa shape index (κ3) is 3.66. The van der Waals surface area contributed by atoms with E-state index in [9.17, 15) is 8.42 Å². The molecule has 2 heterocycles. The van der Waals surface area contributed by atoms with Gasteiger partial charge in [0.2, 0.25) is 10.0 Å². The van der Waals surface area contributed by atoms with Gasteiger partial charge in [-0.25, -0.2) is 18.1 Å². The van der Waals surface area contributed by atoms with E-state index in [-0.39, 0.29) is 11.4 Å². The third-order valence-corrected chi connectivity index (χ3v) is 4.95. The average Bonchev–Trinajstić information content (AvgIpc) is 3.03. The molecule has 2 aromatic rings. The molecule has 0 aliphatic rings. The molecule has 20 heavy (non-hydrogen) atoms. The largest absolute Gasteiger partial charge is 0.464 e. The Balaban J connectivity index is 2.10.